The molecule has 7 heteroatoms. The van der Waals surface area contributed by atoms with Gasteiger partial charge in [0.15, 0.2) is 5.65 Å². The maximum absolute atomic E-state index is 5.01. The topological polar surface area (TPSA) is 68.4 Å². The summed E-state index contributed by atoms with van der Waals surface area (Å²) >= 11 is 0. The van der Waals surface area contributed by atoms with E-state index < -0.39 is 0 Å². The van der Waals surface area contributed by atoms with Gasteiger partial charge in [0.2, 0.25) is 0 Å². The van der Waals surface area contributed by atoms with Crippen LogP contribution in [0.3, 0.4) is 0 Å². The Morgan fingerprint density at radius 1 is 1.12 bits per heavy atom. The van der Waals surface area contributed by atoms with Crippen LogP contribution in [0, 0.1) is 13.8 Å². The lowest BCUT2D eigenvalue weighted by Crippen LogP contribution is -2.32. The predicted octanol–water partition coefficient (Wildman–Crippen LogP) is 2.52. The number of hydrogen-bond donors (Lipinski definition) is 0. The molecule has 136 valence electrons. The molecule has 7 nitrogen and oxygen atoms in total. The summed E-state index contributed by atoms with van der Waals surface area (Å²) in [6.45, 7) is 7.10. The molecule has 0 aliphatic carbocycles. The van der Waals surface area contributed by atoms with E-state index in [0.29, 0.717) is 11.9 Å². The maximum Gasteiger partial charge on any atom is 0.316 e. The Morgan fingerprint density at radius 3 is 2.54 bits per heavy atom. The van der Waals surface area contributed by atoms with E-state index in [0.717, 1.165) is 55.1 Å². The molecule has 0 radical (unpaired) electrons. The predicted molar refractivity (Wildman–Crippen MR) is 98.3 cm³/mol. The van der Waals surface area contributed by atoms with Crippen molar-refractivity contribution >= 4 is 5.65 Å². The first-order valence-electron chi connectivity index (χ1n) is 9.03. The molecule has 1 aliphatic heterocycles. The summed E-state index contributed by atoms with van der Waals surface area (Å²) in [4.78, 5) is 15.7. The molecule has 0 unspecified atom stereocenters. The van der Waals surface area contributed by atoms with E-state index in [9.17, 15) is 0 Å². The average molecular weight is 352 g/mol. The van der Waals surface area contributed by atoms with E-state index >= 15 is 0 Å². The summed E-state index contributed by atoms with van der Waals surface area (Å²) in [6, 6.07) is 4.66. The minimum absolute atomic E-state index is 0.416. The first kappa shape index (κ1) is 16.9. The summed E-state index contributed by atoms with van der Waals surface area (Å²) < 4.78 is 6.94. The van der Waals surface area contributed by atoms with Gasteiger partial charge in [-0.1, -0.05) is 0 Å². The molecule has 1 fully saturated rings. The lowest BCUT2D eigenvalue weighted by atomic mass is 9.92. The Balaban J connectivity index is 1.41. The molecule has 0 bridgehead atoms. The van der Waals surface area contributed by atoms with Crippen LogP contribution in [0.2, 0.25) is 0 Å². The molecular weight excluding hydrogens is 328 g/mol. The van der Waals surface area contributed by atoms with Crippen LogP contribution in [0.5, 0.6) is 6.01 Å². The minimum atomic E-state index is 0.416. The molecule has 4 heterocycles. The fourth-order valence-corrected chi connectivity index (χ4v) is 3.65. The van der Waals surface area contributed by atoms with Gasteiger partial charge in [-0.15, -0.1) is 0 Å². The van der Waals surface area contributed by atoms with Crippen molar-refractivity contribution in [2.24, 2.45) is 0 Å². The highest BCUT2D eigenvalue weighted by molar-refractivity contribution is 5.42. The van der Waals surface area contributed by atoms with Crippen LogP contribution in [-0.2, 0) is 6.54 Å². The summed E-state index contributed by atoms with van der Waals surface area (Å²) in [7, 11) is 1.58. The van der Waals surface area contributed by atoms with Crippen molar-refractivity contribution in [2.75, 3.05) is 20.2 Å². The Labute approximate surface area is 153 Å². The zero-order valence-electron chi connectivity index (χ0n) is 15.5. The summed E-state index contributed by atoms with van der Waals surface area (Å²) in [6.07, 6.45) is 5.93. The maximum atomic E-state index is 5.01. The minimum Gasteiger partial charge on any atom is -0.467 e. The molecular formula is C19H24N6O. The quantitative estimate of drug-likeness (QED) is 0.719. The number of aromatic nitrogens is 5. The van der Waals surface area contributed by atoms with Gasteiger partial charge in [0.05, 0.1) is 12.8 Å². The number of ether oxygens (including phenoxy) is 1. The molecule has 1 aliphatic rings. The zero-order valence-corrected chi connectivity index (χ0v) is 15.5. The molecule has 3 aromatic heterocycles. The molecule has 0 spiro atoms. The van der Waals surface area contributed by atoms with E-state index in [1.807, 2.05) is 23.8 Å². The molecule has 0 saturated carbocycles. The second kappa shape index (κ2) is 6.99. The highest BCUT2D eigenvalue weighted by atomic mass is 16.5. The first-order chi connectivity index (χ1) is 12.6. The second-order valence-electron chi connectivity index (χ2n) is 7.01. The van der Waals surface area contributed by atoms with Gasteiger partial charge in [-0.25, -0.2) is 19.5 Å². The van der Waals surface area contributed by atoms with Gasteiger partial charge in [0.1, 0.15) is 0 Å². The smallest absolute Gasteiger partial charge is 0.316 e. The van der Waals surface area contributed by atoms with Gasteiger partial charge in [-0.3, -0.25) is 4.90 Å². The van der Waals surface area contributed by atoms with Gasteiger partial charge < -0.3 is 4.74 Å². The van der Waals surface area contributed by atoms with Crippen LogP contribution in [0.4, 0.5) is 0 Å². The molecule has 0 aromatic carbocycles. The third-order valence-corrected chi connectivity index (χ3v) is 5.02. The number of piperidine rings is 1. The average Bonchev–Trinajstić information content (AvgIpc) is 3.04. The van der Waals surface area contributed by atoms with Crippen molar-refractivity contribution in [1.29, 1.82) is 0 Å². The molecule has 4 rings (SSSR count). The monoisotopic (exact) mass is 352 g/mol. The van der Waals surface area contributed by atoms with Crippen LogP contribution in [0.15, 0.2) is 24.5 Å². The van der Waals surface area contributed by atoms with Crippen LogP contribution in [0.1, 0.15) is 41.4 Å². The Morgan fingerprint density at radius 2 is 1.85 bits per heavy atom. The van der Waals surface area contributed by atoms with E-state index in [4.69, 9.17) is 9.72 Å². The van der Waals surface area contributed by atoms with Crippen molar-refractivity contribution in [3.8, 4) is 6.01 Å². The van der Waals surface area contributed by atoms with Gasteiger partial charge in [-0.2, -0.15) is 5.10 Å². The Bertz CT molecular complexity index is 896. The normalized spacial score (nSPS) is 16.3. The van der Waals surface area contributed by atoms with Crippen LogP contribution in [0.25, 0.3) is 5.65 Å². The Hall–Kier alpha value is -2.54. The van der Waals surface area contributed by atoms with E-state index in [1.165, 1.54) is 5.69 Å². The van der Waals surface area contributed by atoms with Crippen molar-refractivity contribution in [3.05, 3.63) is 47.2 Å². The van der Waals surface area contributed by atoms with Crippen LogP contribution in [-0.4, -0.2) is 49.7 Å². The molecule has 3 aromatic rings. The number of fused-ring (bicyclic) bond motifs is 1. The number of aryl methyl sites for hydroxylation is 2. The second-order valence-corrected chi connectivity index (χ2v) is 7.01. The third-order valence-electron chi connectivity index (χ3n) is 5.02. The van der Waals surface area contributed by atoms with Crippen molar-refractivity contribution in [3.63, 3.8) is 0 Å². The number of nitrogens with zero attached hydrogens (tertiary/aromatic N) is 6. The SMILES string of the molecule is COc1ncc(CN2CCC(c3cc(C)n4nc(C)cc4n3)CC2)cn1. The summed E-state index contributed by atoms with van der Waals surface area (Å²) in [5, 5.41) is 4.50. The fourth-order valence-electron chi connectivity index (χ4n) is 3.65. The first-order valence-corrected chi connectivity index (χ1v) is 9.03. The number of likely N-dealkylation sites (tertiary alicyclic amines) is 1. The lowest BCUT2D eigenvalue weighted by molar-refractivity contribution is 0.202. The van der Waals surface area contributed by atoms with Gasteiger partial charge >= 0.3 is 6.01 Å². The standard InChI is InChI=1S/C19H24N6O/c1-13-8-18-22-17(9-14(2)25(18)23-13)16-4-6-24(7-5-16)12-15-10-20-19(26-3)21-11-15/h8-11,16H,4-7,12H2,1-3H3. The molecule has 26 heavy (non-hydrogen) atoms. The number of methoxy groups -OCH3 is 1. The lowest BCUT2D eigenvalue weighted by Gasteiger charge is -2.31. The number of hydrogen-bond acceptors (Lipinski definition) is 6. The van der Waals surface area contributed by atoms with Crippen LogP contribution < -0.4 is 4.74 Å². The van der Waals surface area contributed by atoms with Gasteiger partial charge in [0.25, 0.3) is 0 Å². The summed E-state index contributed by atoms with van der Waals surface area (Å²) in [5.74, 6) is 0.511. The van der Waals surface area contributed by atoms with Crippen LogP contribution >= 0.6 is 0 Å². The molecule has 0 amide bonds. The molecule has 0 N–H and O–H groups in total. The zero-order chi connectivity index (χ0) is 18.1. The van der Waals surface area contributed by atoms with E-state index in [1.54, 1.807) is 7.11 Å². The highest BCUT2D eigenvalue weighted by Crippen LogP contribution is 2.28. The van der Waals surface area contributed by atoms with Crippen molar-refractivity contribution < 1.29 is 4.74 Å². The van der Waals surface area contributed by atoms with Crippen molar-refractivity contribution in [2.45, 2.75) is 39.2 Å². The molecule has 0 atom stereocenters. The fraction of sp³-hybridized carbons (Fsp3) is 0.474. The van der Waals surface area contributed by atoms with Gasteiger partial charge in [0, 0.05) is 47.9 Å². The largest absolute Gasteiger partial charge is 0.467 e. The number of rotatable bonds is 4. The van der Waals surface area contributed by atoms with Gasteiger partial charge in [-0.05, 0) is 45.8 Å². The van der Waals surface area contributed by atoms with E-state index in [2.05, 4.69) is 39.0 Å². The Kier molecular flexibility index (Phi) is 4.55. The highest BCUT2D eigenvalue weighted by Gasteiger charge is 2.23. The third kappa shape index (κ3) is 3.39. The van der Waals surface area contributed by atoms with E-state index in [-0.39, 0.29) is 0 Å². The molecule has 1 saturated heterocycles. The summed E-state index contributed by atoms with van der Waals surface area (Å²) in [5.41, 5.74) is 5.43. The van der Waals surface area contributed by atoms with Crippen molar-refractivity contribution in [1.82, 2.24) is 29.5 Å².